The van der Waals surface area contributed by atoms with E-state index in [2.05, 4.69) is 10.3 Å². The van der Waals surface area contributed by atoms with Crippen LogP contribution in [-0.2, 0) is 17.8 Å². The molecule has 1 aromatic carbocycles. The molecule has 2 rings (SSSR count). The number of nitrogens with zero attached hydrogens (tertiary/aromatic N) is 3. The number of urea groups is 1. The third-order valence-corrected chi connectivity index (χ3v) is 3.91. The number of ether oxygens (including phenoxy) is 1. The van der Waals surface area contributed by atoms with Gasteiger partial charge < -0.3 is 19.5 Å². The Morgan fingerprint density at radius 2 is 2.12 bits per heavy atom. The number of carbonyl (C=O) groups excluding carboxylic acids is 2. The highest BCUT2D eigenvalue weighted by Gasteiger charge is 2.16. The van der Waals surface area contributed by atoms with E-state index in [9.17, 15) is 9.59 Å². The van der Waals surface area contributed by atoms with Crippen LogP contribution in [0.4, 0.5) is 10.5 Å². The maximum absolute atomic E-state index is 12.4. The molecule has 134 valence electrons. The van der Waals surface area contributed by atoms with E-state index in [-0.39, 0.29) is 23.2 Å². The summed E-state index contributed by atoms with van der Waals surface area (Å²) in [6.45, 7) is 5.12. The maximum Gasteiger partial charge on any atom is 0.339 e. The summed E-state index contributed by atoms with van der Waals surface area (Å²) in [6, 6.07) is 4.36. The standard InChI is InChI=1S/C17H21ClN4O3/c1-4-22-9-8-19-15(22)11-21(3)17(24)20-12-6-7-14(18)13(10-12)16(23)25-5-2/h6-10H,4-5,11H2,1-3H3,(H,20,24). The number of hydrogen-bond donors (Lipinski definition) is 1. The first-order valence-corrected chi connectivity index (χ1v) is 8.32. The van der Waals surface area contributed by atoms with Gasteiger partial charge in [-0.25, -0.2) is 14.6 Å². The smallest absolute Gasteiger partial charge is 0.339 e. The van der Waals surface area contributed by atoms with Gasteiger partial charge in [-0.2, -0.15) is 0 Å². The van der Waals surface area contributed by atoms with Crippen LogP contribution < -0.4 is 5.32 Å². The number of anilines is 1. The molecule has 2 amide bonds. The molecule has 0 unspecified atom stereocenters. The fourth-order valence-electron chi connectivity index (χ4n) is 2.25. The van der Waals surface area contributed by atoms with Gasteiger partial charge in [-0.05, 0) is 32.0 Å². The van der Waals surface area contributed by atoms with Gasteiger partial charge in [0.15, 0.2) is 0 Å². The highest BCUT2D eigenvalue weighted by atomic mass is 35.5. The van der Waals surface area contributed by atoms with Crippen LogP contribution in [0.3, 0.4) is 0 Å². The van der Waals surface area contributed by atoms with Crippen molar-refractivity contribution in [1.29, 1.82) is 0 Å². The lowest BCUT2D eigenvalue weighted by molar-refractivity contribution is 0.0526. The quantitative estimate of drug-likeness (QED) is 0.797. The predicted molar refractivity (Wildman–Crippen MR) is 95.8 cm³/mol. The molecule has 0 atom stereocenters. The normalized spacial score (nSPS) is 10.4. The Labute approximate surface area is 151 Å². The van der Waals surface area contributed by atoms with Gasteiger partial charge in [-0.15, -0.1) is 0 Å². The van der Waals surface area contributed by atoms with Crippen LogP contribution in [0.15, 0.2) is 30.6 Å². The zero-order chi connectivity index (χ0) is 18.4. The summed E-state index contributed by atoms with van der Waals surface area (Å²) in [4.78, 5) is 30.0. The number of esters is 1. The van der Waals surface area contributed by atoms with E-state index in [1.807, 2.05) is 17.7 Å². The molecule has 0 bridgehead atoms. The molecule has 0 fully saturated rings. The van der Waals surface area contributed by atoms with Gasteiger partial charge in [0, 0.05) is 31.7 Å². The lowest BCUT2D eigenvalue weighted by atomic mass is 10.2. The molecule has 1 aromatic heterocycles. The third-order valence-electron chi connectivity index (χ3n) is 3.58. The second-order valence-electron chi connectivity index (χ2n) is 5.33. The van der Waals surface area contributed by atoms with Crippen molar-refractivity contribution in [3.8, 4) is 0 Å². The van der Waals surface area contributed by atoms with Crippen molar-refractivity contribution >= 4 is 29.3 Å². The number of aromatic nitrogens is 2. The number of rotatable bonds is 6. The van der Waals surface area contributed by atoms with Crippen LogP contribution in [-0.4, -0.2) is 40.1 Å². The Kier molecular flexibility index (Phi) is 6.41. The molecule has 7 nitrogen and oxygen atoms in total. The summed E-state index contributed by atoms with van der Waals surface area (Å²) < 4.78 is 6.92. The number of hydrogen-bond acceptors (Lipinski definition) is 4. The first-order chi connectivity index (χ1) is 12.0. The topological polar surface area (TPSA) is 76.5 Å². The van der Waals surface area contributed by atoms with Gasteiger partial charge in [0.2, 0.25) is 0 Å². The molecule has 0 aliphatic heterocycles. The number of benzene rings is 1. The number of halogens is 1. The highest BCUT2D eigenvalue weighted by molar-refractivity contribution is 6.33. The van der Waals surface area contributed by atoms with E-state index < -0.39 is 5.97 Å². The molecular weight excluding hydrogens is 344 g/mol. The summed E-state index contributed by atoms with van der Waals surface area (Å²) >= 11 is 6.02. The lowest BCUT2D eigenvalue weighted by Crippen LogP contribution is -2.32. The Hall–Kier alpha value is -2.54. The van der Waals surface area contributed by atoms with Gasteiger partial charge in [0.25, 0.3) is 0 Å². The number of nitrogens with one attached hydrogen (secondary N) is 1. The zero-order valence-corrected chi connectivity index (χ0v) is 15.2. The SMILES string of the molecule is CCOC(=O)c1cc(NC(=O)N(C)Cc2nccn2CC)ccc1Cl. The van der Waals surface area contributed by atoms with E-state index in [0.29, 0.717) is 12.2 Å². The van der Waals surface area contributed by atoms with Crippen molar-refractivity contribution in [2.45, 2.75) is 26.9 Å². The van der Waals surface area contributed by atoms with E-state index >= 15 is 0 Å². The average molecular weight is 365 g/mol. The van der Waals surface area contributed by atoms with Crippen LogP contribution >= 0.6 is 11.6 Å². The van der Waals surface area contributed by atoms with E-state index in [0.717, 1.165) is 12.4 Å². The first kappa shape index (κ1) is 18.8. The van der Waals surface area contributed by atoms with Crippen LogP contribution in [0.2, 0.25) is 5.02 Å². The minimum Gasteiger partial charge on any atom is -0.462 e. The molecular formula is C17H21ClN4O3. The van der Waals surface area contributed by atoms with Gasteiger partial charge in [-0.1, -0.05) is 11.6 Å². The summed E-state index contributed by atoms with van der Waals surface area (Å²) in [7, 11) is 1.67. The molecule has 1 heterocycles. The number of imidazole rings is 1. The Morgan fingerprint density at radius 1 is 1.36 bits per heavy atom. The second-order valence-corrected chi connectivity index (χ2v) is 5.74. The van der Waals surface area contributed by atoms with Crippen molar-refractivity contribution < 1.29 is 14.3 Å². The van der Waals surface area contributed by atoms with E-state index in [1.54, 1.807) is 32.3 Å². The minimum absolute atomic E-state index is 0.213. The number of carbonyl (C=O) groups is 2. The van der Waals surface area contributed by atoms with Gasteiger partial charge in [0.05, 0.1) is 23.7 Å². The third kappa shape index (κ3) is 4.73. The van der Waals surface area contributed by atoms with Crippen molar-refractivity contribution in [1.82, 2.24) is 14.5 Å². The fraction of sp³-hybridized carbons (Fsp3) is 0.353. The summed E-state index contributed by atoms with van der Waals surface area (Å²) in [5, 5.41) is 3.01. The lowest BCUT2D eigenvalue weighted by Gasteiger charge is -2.18. The molecule has 1 N–H and O–H groups in total. The van der Waals surface area contributed by atoms with Gasteiger partial charge in [-0.3, -0.25) is 0 Å². The highest BCUT2D eigenvalue weighted by Crippen LogP contribution is 2.22. The Bertz CT molecular complexity index is 760. The van der Waals surface area contributed by atoms with E-state index in [1.165, 1.54) is 11.0 Å². The molecule has 25 heavy (non-hydrogen) atoms. The molecule has 0 radical (unpaired) electrons. The van der Waals surface area contributed by atoms with Crippen molar-refractivity contribution in [3.05, 3.63) is 47.0 Å². The Balaban J connectivity index is 2.07. The van der Waals surface area contributed by atoms with Crippen molar-refractivity contribution in [2.75, 3.05) is 19.0 Å². The van der Waals surface area contributed by atoms with Crippen LogP contribution in [0.5, 0.6) is 0 Å². The van der Waals surface area contributed by atoms with Crippen LogP contribution in [0, 0.1) is 0 Å². The average Bonchev–Trinajstić information content (AvgIpc) is 3.03. The number of amides is 2. The number of aryl methyl sites for hydroxylation is 1. The molecule has 0 aliphatic carbocycles. The maximum atomic E-state index is 12.4. The molecule has 2 aromatic rings. The summed E-state index contributed by atoms with van der Waals surface area (Å²) in [6.07, 6.45) is 3.57. The Morgan fingerprint density at radius 3 is 2.80 bits per heavy atom. The van der Waals surface area contributed by atoms with Crippen molar-refractivity contribution in [3.63, 3.8) is 0 Å². The summed E-state index contributed by atoms with van der Waals surface area (Å²) in [5.74, 6) is 0.269. The molecule has 0 saturated heterocycles. The molecule has 8 heteroatoms. The molecule has 0 saturated carbocycles. The van der Waals surface area contributed by atoms with Crippen molar-refractivity contribution in [2.24, 2.45) is 0 Å². The monoisotopic (exact) mass is 364 g/mol. The van der Waals surface area contributed by atoms with Crippen LogP contribution in [0.1, 0.15) is 30.0 Å². The minimum atomic E-state index is -0.526. The van der Waals surface area contributed by atoms with Gasteiger partial charge >= 0.3 is 12.0 Å². The van der Waals surface area contributed by atoms with Gasteiger partial charge in [0.1, 0.15) is 5.82 Å². The van der Waals surface area contributed by atoms with Crippen LogP contribution in [0.25, 0.3) is 0 Å². The zero-order valence-electron chi connectivity index (χ0n) is 14.5. The largest absolute Gasteiger partial charge is 0.462 e. The molecule has 0 spiro atoms. The fourth-order valence-corrected chi connectivity index (χ4v) is 2.45. The van der Waals surface area contributed by atoms with E-state index in [4.69, 9.17) is 16.3 Å². The molecule has 0 aliphatic rings. The second kappa shape index (κ2) is 8.53. The summed E-state index contributed by atoms with van der Waals surface area (Å²) in [5.41, 5.74) is 0.675. The first-order valence-electron chi connectivity index (χ1n) is 7.95. The predicted octanol–water partition coefficient (Wildman–Crippen LogP) is 3.40.